The Morgan fingerprint density at radius 3 is 2.71 bits per heavy atom. The van der Waals surface area contributed by atoms with Crippen LogP contribution in [0.3, 0.4) is 0 Å². The summed E-state index contributed by atoms with van der Waals surface area (Å²) >= 11 is 0. The molecule has 0 radical (unpaired) electrons. The Balaban J connectivity index is 0.00000288. The van der Waals surface area contributed by atoms with Crippen LogP contribution in [0.25, 0.3) is 0 Å². The highest BCUT2D eigenvalue weighted by Crippen LogP contribution is 2.13. The lowest BCUT2D eigenvalue weighted by molar-refractivity contribution is -0.131. The first-order valence-electron chi connectivity index (χ1n) is 8.49. The molecule has 0 aromatic heterocycles. The van der Waals surface area contributed by atoms with Crippen LogP contribution in [0.2, 0.25) is 0 Å². The maximum absolute atomic E-state index is 12.1. The second-order valence-corrected chi connectivity index (χ2v) is 5.82. The van der Waals surface area contributed by atoms with E-state index in [4.69, 9.17) is 9.47 Å². The highest BCUT2D eigenvalue weighted by Gasteiger charge is 2.14. The first-order valence-corrected chi connectivity index (χ1v) is 8.49. The molecular formula is C18H29ClN2O3. The molecule has 1 fully saturated rings. The van der Waals surface area contributed by atoms with Crippen LogP contribution in [-0.2, 0) is 16.0 Å². The Kier molecular flexibility index (Phi) is 10.5. The molecule has 136 valence electrons. The second-order valence-electron chi connectivity index (χ2n) is 5.82. The van der Waals surface area contributed by atoms with Crippen LogP contribution in [0.1, 0.15) is 24.8 Å². The quantitative estimate of drug-likeness (QED) is 0.726. The summed E-state index contributed by atoms with van der Waals surface area (Å²) in [7, 11) is 1.71. The number of carbonyl (C=O) groups excluding carboxylic acids is 1. The van der Waals surface area contributed by atoms with Crippen LogP contribution >= 0.6 is 12.4 Å². The zero-order valence-electron chi connectivity index (χ0n) is 14.5. The van der Waals surface area contributed by atoms with E-state index in [0.717, 1.165) is 57.8 Å². The molecule has 0 spiro atoms. The number of methoxy groups -OCH3 is 1. The molecule has 0 unspecified atom stereocenters. The third-order valence-corrected chi connectivity index (χ3v) is 4.01. The molecule has 2 rings (SSSR count). The van der Waals surface area contributed by atoms with E-state index >= 15 is 0 Å². The number of nitrogens with one attached hydrogen (secondary N) is 1. The van der Waals surface area contributed by atoms with E-state index < -0.39 is 0 Å². The molecule has 1 saturated heterocycles. The lowest BCUT2D eigenvalue weighted by Crippen LogP contribution is -2.34. The van der Waals surface area contributed by atoms with Crippen molar-refractivity contribution in [3.63, 3.8) is 0 Å². The van der Waals surface area contributed by atoms with Gasteiger partial charge in [0, 0.05) is 33.2 Å². The zero-order chi connectivity index (χ0) is 16.3. The summed E-state index contributed by atoms with van der Waals surface area (Å²) in [5, 5.41) is 3.31. The van der Waals surface area contributed by atoms with Crippen LogP contribution in [0.5, 0.6) is 5.75 Å². The van der Waals surface area contributed by atoms with Crippen molar-refractivity contribution in [1.82, 2.24) is 10.2 Å². The molecule has 0 bridgehead atoms. The monoisotopic (exact) mass is 356 g/mol. The summed E-state index contributed by atoms with van der Waals surface area (Å²) in [6.45, 7) is 4.91. The SMILES string of the molecule is COCCc1ccc(OCCCC(=O)N2CCCNCC2)cc1.Cl. The van der Waals surface area contributed by atoms with E-state index in [1.165, 1.54) is 5.56 Å². The van der Waals surface area contributed by atoms with Gasteiger partial charge in [0.2, 0.25) is 5.91 Å². The summed E-state index contributed by atoms with van der Waals surface area (Å²) in [4.78, 5) is 14.1. The molecule has 24 heavy (non-hydrogen) atoms. The lowest BCUT2D eigenvalue weighted by atomic mass is 10.1. The smallest absolute Gasteiger partial charge is 0.222 e. The third-order valence-electron chi connectivity index (χ3n) is 4.01. The molecule has 5 nitrogen and oxygen atoms in total. The summed E-state index contributed by atoms with van der Waals surface area (Å²) in [5.74, 6) is 1.10. The Morgan fingerprint density at radius 2 is 1.96 bits per heavy atom. The Morgan fingerprint density at radius 1 is 1.17 bits per heavy atom. The summed E-state index contributed by atoms with van der Waals surface area (Å²) in [6.07, 6.45) is 3.27. The second kappa shape index (κ2) is 12.1. The maximum Gasteiger partial charge on any atom is 0.222 e. The Bertz CT molecular complexity index is 460. The molecule has 6 heteroatoms. The first kappa shape index (κ1) is 20.7. The average molecular weight is 357 g/mol. The number of hydrogen-bond acceptors (Lipinski definition) is 4. The molecule has 0 saturated carbocycles. The third kappa shape index (κ3) is 7.51. The van der Waals surface area contributed by atoms with E-state index in [9.17, 15) is 4.79 Å². The molecule has 1 amide bonds. The van der Waals surface area contributed by atoms with Crippen LogP contribution in [-0.4, -0.2) is 57.3 Å². The molecule has 1 aliphatic rings. The van der Waals surface area contributed by atoms with Gasteiger partial charge in [0.25, 0.3) is 0 Å². The fraction of sp³-hybridized carbons (Fsp3) is 0.611. The Hall–Kier alpha value is -1.30. The zero-order valence-corrected chi connectivity index (χ0v) is 15.3. The standard InChI is InChI=1S/C18H28N2O3.ClH/c1-22-15-9-16-5-7-17(8-6-16)23-14-2-4-18(21)20-12-3-10-19-11-13-20;/h5-8,19H,2-4,9-15H2,1H3;1H. The maximum atomic E-state index is 12.1. The summed E-state index contributed by atoms with van der Waals surface area (Å²) < 4.78 is 10.8. The van der Waals surface area contributed by atoms with Gasteiger partial charge in [-0.3, -0.25) is 4.79 Å². The largest absolute Gasteiger partial charge is 0.494 e. The van der Waals surface area contributed by atoms with Gasteiger partial charge < -0.3 is 19.7 Å². The van der Waals surface area contributed by atoms with Gasteiger partial charge in [-0.15, -0.1) is 12.4 Å². The highest BCUT2D eigenvalue weighted by atomic mass is 35.5. The number of halogens is 1. The summed E-state index contributed by atoms with van der Waals surface area (Å²) in [6, 6.07) is 8.08. The van der Waals surface area contributed by atoms with E-state index in [1.807, 2.05) is 17.0 Å². The van der Waals surface area contributed by atoms with Crippen molar-refractivity contribution in [3.05, 3.63) is 29.8 Å². The van der Waals surface area contributed by atoms with E-state index in [0.29, 0.717) is 13.0 Å². The number of carbonyl (C=O) groups is 1. The number of amides is 1. The van der Waals surface area contributed by atoms with E-state index in [2.05, 4.69) is 17.4 Å². The van der Waals surface area contributed by atoms with Gasteiger partial charge in [-0.05, 0) is 43.5 Å². The molecule has 1 aromatic carbocycles. The van der Waals surface area contributed by atoms with Crippen LogP contribution in [0.4, 0.5) is 0 Å². The number of rotatable bonds is 8. The predicted molar refractivity (Wildman–Crippen MR) is 98.1 cm³/mol. The molecule has 1 heterocycles. The molecule has 1 N–H and O–H groups in total. The van der Waals surface area contributed by atoms with E-state index in [-0.39, 0.29) is 18.3 Å². The minimum Gasteiger partial charge on any atom is -0.494 e. The van der Waals surface area contributed by atoms with Gasteiger partial charge in [-0.1, -0.05) is 12.1 Å². The van der Waals surface area contributed by atoms with E-state index in [1.54, 1.807) is 7.11 Å². The van der Waals surface area contributed by atoms with Crippen molar-refractivity contribution in [3.8, 4) is 5.75 Å². The van der Waals surface area contributed by atoms with Gasteiger partial charge in [0.15, 0.2) is 0 Å². The van der Waals surface area contributed by atoms with Crippen LogP contribution in [0, 0.1) is 0 Å². The molecule has 1 aliphatic heterocycles. The van der Waals surface area contributed by atoms with Crippen molar-refractivity contribution in [2.24, 2.45) is 0 Å². The van der Waals surface area contributed by atoms with Gasteiger partial charge >= 0.3 is 0 Å². The van der Waals surface area contributed by atoms with Crippen molar-refractivity contribution in [2.75, 3.05) is 46.5 Å². The molecular weight excluding hydrogens is 328 g/mol. The molecule has 0 aliphatic carbocycles. The number of hydrogen-bond donors (Lipinski definition) is 1. The van der Waals surface area contributed by atoms with Gasteiger partial charge in [-0.25, -0.2) is 0 Å². The van der Waals surface area contributed by atoms with Crippen molar-refractivity contribution < 1.29 is 14.3 Å². The summed E-state index contributed by atoms with van der Waals surface area (Å²) in [5.41, 5.74) is 1.24. The minimum atomic E-state index is 0. The van der Waals surface area contributed by atoms with Crippen molar-refractivity contribution in [2.45, 2.75) is 25.7 Å². The van der Waals surface area contributed by atoms with Gasteiger partial charge in [0.1, 0.15) is 5.75 Å². The van der Waals surface area contributed by atoms with Gasteiger partial charge in [-0.2, -0.15) is 0 Å². The predicted octanol–water partition coefficient (Wildman–Crippen LogP) is 2.28. The first-order chi connectivity index (χ1) is 11.3. The molecule has 0 atom stereocenters. The molecule has 1 aromatic rings. The van der Waals surface area contributed by atoms with Gasteiger partial charge in [0.05, 0.1) is 13.2 Å². The number of nitrogens with zero attached hydrogens (tertiary/aromatic N) is 1. The number of ether oxygens (including phenoxy) is 2. The fourth-order valence-electron chi connectivity index (χ4n) is 2.64. The van der Waals surface area contributed by atoms with Crippen LogP contribution < -0.4 is 10.1 Å². The van der Waals surface area contributed by atoms with Crippen LogP contribution in [0.15, 0.2) is 24.3 Å². The van der Waals surface area contributed by atoms with Crippen molar-refractivity contribution >= 4 is 18.3 Å². The topological polar surface area (TPSA) is 50.8 Å². The number of benzene rings is 1. The van der Waals surface area contributed by atoms with Crippen molar-refractivity contribution in [1.29, 1.82) is 0 Å². The highest BCUT2D eigenvalue weighted by molar-refractivity contribution is 5.85. The normalized spacial score (nSPS) is 14.6. The average Bonchev–Trinajstić information content (AvgIpc) is 2.87. The fourth-order valence-corrected chi connectivity index (χ4v) is 2.64. The lowest BCUT2D eigenvalue weighted by Gasteiger charge is -2.19. The Labute approximate surface area is 151 Å². The minimum absolute atomic E-state index is 0.